The molecule has 0 amide bonds. The molecule has 0 saturated carbocycles. The molecule has 0 spiro atoms. The van der Waals surface area contributed by atoms with E-state index in [1.54, 1.807) is 13.2 Å². The SMILES string of the molecule is CCOCc1nc(NN)cc(NCCOCCOC)n1. The van der Waals surface area contributed by atoms with Gasteiger partial charge in [-0.3, -0.25) is 0 Å². The second kappa shape index (κ2) is 10.3. The molecule has 0 bridgehead atoms. The fourth-order valence-electron chi connectivity index (χ4n) is 1.42. The zero-order valence-corrected chi connectivity index (χ0v) is 12.0. The molecule has 0 aliphatic carbocycles. The van der Waals surface area contributed by atoms with Gasteiger partial charge in [0.05, 0.1) is 19.8 Å². The molecule has 1 aromatic rings. The van der Waals surface area contributed by atoms with Gasteiger partial charge < -0.3 is 25.0 Å². The first-order chi connectivity index (χ1) is 9.80. The molecule has 8 heteroatoms. The Morgan fingerprint density at radius 3 is 2.65 bits per heavy atom. The molecule has 8 nitrogen and oxygen atoms in total. The second-order valence-corrected chi connectivity index (χ2v) is 3.87. The fourth-order valence-corrected chi connectivity index (χ4v) is 1.42. The normalized spacial score (nSPS) is 10.6. The van der Waals surface area contributed by atoms with Crippen molar-refractivity contribution in [2.24, 2.45) is 5.84 Å². The van der Waals surface area contributed by atoms with Crippen molar-refractivity contribution in [3.63, 3.8) is 0 Å². The lowest BCUT2D eigenvalue weighted by Crippen LogP contribution is -2.15. The van der Waals surface area contributed by atoms with Crippen LogP contribution in [-0.4, -0.2) is 50.1 Å². The van der Waals surface area contributed by atoms with Crippen LogP contribution in [0.4, 0.5) is 11.6 Å². The molecule has 114 valence electrons. The van der Waals surface area contributed by atoms with Gasteiger partial charge in [-0.25, -0.2) is 15.8 Å². The van der Waals surface area contributed by atoms with Crippen molar-refractivity contribution in [2.75, 3.05) is 50.8 Å². The topological polar surface area (TPSA) is 104 Å². The number of hydrogen-bond donors (Lipinski definition) is 3. The Labute approximate surface area is 119 Å². The molecule has 0 aromatic carbocycles. The van der Waals surface area contributed by atoms with Gasteiger partial charge in [0, 0.05) is 26.3 Å². The molecule has 20 heavy (non-hydrogen) atoms. The molecule has 0 atom stereocenters. The Hall–Kier alpha value is -1.48. The van der Waals surface area contributed by atoms with Crippen LogP contribution in [0, 0.1) is 0 Å². The number of nitrogens with two attached hydrogens (primary N) is 1. The van der Waals surface area contributed by atoms with Gasteiger partial charge in [0.25, 0.3) is 0 Å². The molecule has 0 fully saturated rings. The first-order valence-electron chi connectivity index (χ1n) is 6.53. The lowest BCUT2D eigenvalue weighted by atomic mass is 10.4. The number of hydrogen-bond acceptors (Lipinski definition) is 8. The number of anilines is 2. The summed E-state index contributed by atoms with van der Waals surface area (Å²) in [6, 6.07) is 1.73. The summed E-state index contributed by atoms with van der Waals surface area (Å²) in [5.41, 5.74) is 2.51. The maximum atomic E-state index is 5.38. The van der Waals surface area contributed by atoms with E-state index >= 15 is 0 Å². The van der Waals surface area contributed by atoms with Gasteiger partial charge >= 0.3 is 0 Å². The van der Waals surface area contributed by atoms with Gasteiger partial charge in [-0.15, -0.1) is 0 Å². The third-order valence-corrected chi connectivity index (χ3v) is 2.34. The largest absolute Gasteiger partial charge is 0.382 e. The first-order valence-corrected chi connectivity index (χ1v) is 6.53. The second-order valence-electron chi connectivity index (χ2n) is 3.87. The number of nitrogens with one attached hydrogen (secondary N) is 2. The number of hydrazine groups is 1. The number of methoxy groups -OCH3 is 1. The summed E-state index contributed by atoms with van der Waals surface area (Å²) in [6.07, 6.45) is 0. The van der Waals surface area contributed by atoms with E-state index in [9.17, 15) is 0 Å². The third-order valence-electron chi connectivity index (χ3n) is 2.34. The van der Waals surface area contributed by atoms with Crippen molar-refractivity contribution < 1.29 is 14.2 Å². The standard InChI is InChI=1S/C12H23N5O3/c1-3-19-9-12-15-10(8-11(16-12)17-13)14-4-5-20-7-6-18-2/h8H,3-7,9,13H2,1-2H3,(H2,14,15,16,17). The number of aromatic nitrogens is 2. The van der Waals surface area contributed by atoms with Gasteiger partial charge in [-0.1, -0.05) is 0 Å². The number of rotatable bonds is 11. The smallest absolute Gasteiger partial charge is 0.158 e. The van der Waals surface area contributed by atoms with Crippen molar-refractivity contribution in [2.45, 2.75) is 13.5 Å². The van der Waals surface area contributed by atoms with Gasteiger partial charge in [0.2, 0.25) is 0 Å². The first kappa shape index (κ1) is 16.6. The molecule has 1 aromatic heterocycles. The van der Waals surface area contributed by atoms with E-state index in [2.05, 4.69) is 20.7 Å². The minimum Gasteiger partial charge on any atom is -0.382 e. The van der Waals surface area contributed by atoms with E-state index in [1.165, 1.54) is 0 Å². The molecule has 0 saturated heterocycles. The van der Waals surface area contributed by atoms with E-state index in [1.807, 2.05) is 6.92 Å². The number of nitrogen functional groups attached to an aromatic ring is 1. The van der Waals surface area contributed by atoms with E-state index in [0.29, 0.717) is 57.0 Å². The van der Waals surface area contributed by atoms with Crippen LogP contribution < -0.4 is 16.6 Å². The Morgan fingerprint density at radius 2 is 1.95 bits per heavy atom. The third kappa shape index (κ3) is 6.62. The average Bonchev–Trinajstić information content (AvgIpc) is 2.48. The zero-order chi connectivity index (χ0) is 14.6. The van der Waals surface area contributed by atoms with Crippen LogP contribution in [-0.2, 0) is 20.8 Å². The van der Waals surface area contributed by atoms with Crippen molar-refractivity contribution in [1.29, 1.82) is 0 Å². The van der Waals surface area contributed by atoms with E-state index < -0.39 is 0 Å². The Morgan fingerprint density at radius 1 is 1.15 bits per heavy atom. The van der Waals surface area contributed by atoms with Gasteiger partial charge in [0.15, 0.2) is 5.82 Å². The minimum absolute atomic E-state index is 0.352. The fraction of sp³-hybridized carbons (Fsp3) is 0.667. The Bertz CT molecular complexity index is 378. The van der Waals surface area contributed by atoms with Crippen molar-refractivity contribution in [3.8, 4) is 0 Å². The summed E-state index contributed by atoms with van der Waals surface area (Å²) in [7, 11) is 1.64. The van der Waals surface area contributed by atoms with Crippen LogP contribution in [0.1, 0.15) is 12.7 Å². The van der Waals surface area contributed by atoms with Crippen LogP contribution in [0.5, 0.6) is 0 Å². The van der Waals surface area contributed by atoms with Crippen molar-refractivity contribution in [1.82, 2.24) is 9.97 Å². The van der Waals surface area contributed by atoms with E-state index in [-0.39, 0.29) is 0 Å². The highest BCUT2D eigenvalue weighted by Gasteiger charge is 2.04. The quantitative estimate of drug-likeness (QED) is 0.304. The van der Waals surface area contributed by atoms with Gasteiger partial charge in [0.1, 0.15) is 18.2 Å². The number of nitrogens with zero attached hydrogens (tertiary/aromatic N) is 2. The predicted octanol–water partition coefficient (Wildman–Crippen LogP) is 0.374. The summed E-state index contributed by atoms with van der Waals surface area (Å²) in [5, 5.41) is 3.15. The molecular weight excluding hydrogens is 262 g/mol. The van der Waals surface area contributed by atoms with Crippen molar-refractivity contribution >= 4 is 11.6 Å². The Balaban J connectivity index is 2.42. The molecule has 4 N–H and O–H groups in total. The summed E-state index contributed by atoms with van der Waals surface area (Å²) >= 11 is 0. The highest BCUT2D eigenvalue weighted by atomic mass is 16.5. The van der Waals surface area contributed by atoms with Crippen LogP contribution >= 0.6 is 0 Å². The van der Waals surface area contributed by atoms with Crippen molar-refractivity contribution in [3.05, 3.63) is 11.9 Å². The Kier molecular flexibility index (Phi) is 8.56. The maximum Gasteiger partial charge on any atom is 0.158 e. The highest BCUT2D eigenvalue weighted by molar-refractivity contribution is 5.46. The molecule has 0 aliphatic rings. The van der Waals surface area contributed by atoms with Crippen LogP contribution in [0.2, 0.25) is 0 Å². The monoisotopic (exact) mass is 285 g/mol. The molecular formula is C12H23N5O3. The average molecular weight is 285 g/mol. The molecule has 1 rings (SSSR count). The van der Waals surface area contributed by atoms with E-state index in [0.717, 1.165) is 0 Å². The molecule has 0 aliphatic heterocycles. The van der Waals surface area contributed by atoms with Crippen LogP contribution in [0.3, 0.4) is 0 Å². The summed E-state index contributed by atoms with van der Waals surface area (Å²) in [6.45, 7) is 5.26. The molecule has 1 heterocycles. The number of ether oxygens (including phenoxy) is 3. The maximum absolute atomic E-state index is 5.38. The van der Waals surface area contributed by atoms with Crippen LogP contribution in [0.15, 0.2) is 6.07 Å². The molecule has 0 unspecified atom stereocenters. The highest BCUT2D eigenvalue weighted by Crippen LogP contribution is 2.10. The van der Waals surface area contributed by atoms with Gasteiger partial charge in [-0.05, 0) is 6.92 Å². The summed E-state index contributed by atoms with van der Waals surface area (Å²) < 4.78 is 15.5. The zero-order valence-electron chi connectivity index (χ0n) is 12.0. The van der Waals surface area contributed by atoms with Gasteiger partial charge in [-0.2, -0.15) is 0 Å². The lowest BCUT2D eigenvalue weighted by Gasteiger charge is -2.10. The van der Waals surface area contributed by atoms with Crippen LogP contribution in [0.25, 0.3) is 0 Å². The predicted molar refractivity (Wildman–Crippen MR) is 76.4 cm³/mol. The minimum atomic E-state index is 0.352. The summed E-state index contributed by atoms with van der Waals surface area (Å²) in [4.78, 5) is 8.53. The lowest BCUT2D eigenvalue weighted by molar-refractivity contribution is 0.0759. The molecule has 0 radical (unpaired) electrons. The summed E-state index contributed by atoms with van der Waals surface area (Å²) in [5.74, 6) is 7.17. The van der Waals surface area contributed by atoms with E-state index in [4.69, 9.17) is 20.1 Å².